The number of methoxy groups -OCH3 is 1. The van der Waals surface area contributed by atoms with E-state index >= 15 is 0 Å². The lowest BCUT2D eigenvalue weighted by atomic mass is 9.44. The summed E-state index contributed by atoms with van der Waals surface area (Å²) in [5.74, 6) is 3.73. The average molecular weight is 440 g/mol. The van der Waals surface area contributed by atoms with Crippen LogP contribution in [0.1, 0.15) is 83.6 Å². The summed E-state index contributed by atoms with van der Waals surface area (Å²) in [6.07, 6.45) is 14.5. The topological polar surface area (TPSA) is 62.0 Å². The van der Waals surface area contributed by atoms with E-state index in [4.69, 9.17) is 4.74 Å². The molecule has 4 fully saturated rings. The Kier molecular flexibility index (Phi) is 5.59. The molecule has 4 aliphatic carbocycles. The van der Waals surface area contributed by atoms with E-state index in [0.717, 1.165) is 37.0 Å². The highest BCUT2D eigenvalue weighted by Crippen LogP contribution is 2.68. The molecule has 0 saturated heterocycles. The number of phenolic OH excluding ortho intramolecular Hbond substituents is 1. The molecule has 0 aromatic heterocycles. The van der Waals surface area contributed by atoms with Crippen LogP contribution in [0.25, 0.3) is 0 Å². The number of aliphatic hydroxyl groups is 1. The highest BCUT2D eigenvalue weighted by Gasteiger charge is 2.64. The van der Waals surface area contributed by atoms with Crippen LogP contribution in [-0.2, 0) is 0 Å². The van der Waals surface area contributed by atoms with Gasteiger partial charge in [0.1, 0.15) is 0 Å². The van der Waals surface area contributed by atoms with Gasteiger partial charge in [0.05, 0.1) is 19.3 Å². The van der Waals surface area contributed by atoms with Crippen LogP contribution in [0.4, 0.5) is 0 Å². The van der Waals surface area contributed by atoms with Gasteiger partial charge in [0.25, 0.3) is 0 Å². The molecule has 0 spiro atoms. The summed E-state index contributed by atoms with van der Waals surface area (Å²) in [5.41, 5.74) is 0.364. The summed E-state index contributed by atoms with van der Waals surface area (Å²) in [5, 5.41) is 22.2. The van der Waals surface area contributed by atoms with Gasteiger partial charge < -0.3 is 14.9 Å². The first-order valence-corrected chi connectivity index (χ1v) is 12.9. The molecule has 0 aliphatic heterocycles. The number of fused-ring (bicyclic) bond motifs is 5. The van der Waals surface area contributed by atoms with Gasteiger partial charge in [-0.25, -0.2) is 0 Å². The molecule has 0 radical (unpaired) electrons. The monoisotopic (exact) mass is 439 g/mol. The third-order valence-electron chi connectivity index (χ3n) is 10.7. The number of benzene rings is 1. The standard InChI is InChI=1S/C28H41NO3/c1-26-14-5-4-8-20(26)10-11-21-22(26)12-15-27(2)23(21)13-16-28(27,31)18-29-17-19-7-6-9-24(32-3)25(19)30/h6-7,9,17,20-23,30-31H,4-5,8,10-16,18H2,1-3H3/t20-,21+,22+,23-,26-,27-,28-/m0/s1. The fourth-order valence-corrected chi connectivity index (χ4v) is 8.77. The average Bonchev–Trinajstić information content (AvgIpc) is 3.05. The van der Waals surface area contributed by atoms with Gasteiger partial charge in [-0.1, -0.05) is 32.8 Å². The van der Waals surface area contributed by atoms with E-state index in [9.17, 15) is 10.2 Å². The zero-order valence-corrected chi connectivity index (χ0v) is 20.1. The molecule has 4 heteroatoms. The summed E-state index contributed by atoms with van der Waals surface area (Å²) < 4.78 is 5.21. The fourth-order valence-electron chi connectivity index (χ4n) is 8.77. The molecule has 1 aromatic rings. The van der Waals surface area contributed by atoms with E-state index in [2.05, 4.69) is 18.8 Å². The molecule has 5 rings (SSSR count). The molecule has 0 heterocycles. The third-order valence-corrected chi connectivity index (χ3v) is 10.7. The predicted molar refractivity (Wildman–Crippen MR) is 128 cm³/mol. The minimum Gasteiger partial charge on any atom is -0.504 e. The number of rotatable bonds is 4. The van der Waals surface area contributed by atoms with Crippen LogP contribution >= 0.6 is 0 Å². The Bertz CT molecular complexity index is 883. The van der Waals surface area contributed by atoms with Gasteiger partial charge in [0, 0.05) is 17.2 Å². The van der Waals surface area contributed by atoms with Gasteiger partial charge in [0.2, 0.25) is 0 Å². The SMILES string of the molecule is COc1cccc(C=NC[C@@]2(O)CC[C@H]3[C@@H]4CC[C@@H]5CCCC[C@]5(C)[C@@H]4CC[C@@]32C)c1O. The quantitative estimate of drug-likeness (QED) is 0.567. The second-order valence-electron chi connectivity index (χ2n) is 11.8. The van der Waals surface area contributed by atoms with Crippen molar-refractivity contribution in [2.45, 2.75) is 83.7 Å². The summed E-state index contributed by atoms with van der Waals surface area (Å²) in [4.78, 5) is 4.66. The Morgan fingerprint density at radius 2 is 1.84 bits per heavy atom. The zero-order chi connectivity index (χ0) is 22.6. The van der Waals surface area contributed by atoms with Crippen molar-refractivity contribution >= 4 is 6.21 Å². The number of aromatic hydroxyl groups is 1. The Balaban J connectivity index is 1.34. The van der Waals surface area contributed by atoms with Gasteiger partial charge in [0.15, 0.2) is 11.5 Å². The maximum atomic E-state index is 11.9. The van der Waals surface area contributed by atoms with E-state index in [1.165, 1.54) is 44.9 Å². The van der Waals surface area contributed by atoms with Crippen molar-refractivity contribution in [2.24, 2.45) is 39.5 Å². The number of ether oxygens (including phenoxy) is 1. The molecule has 32 heavy (non-hydrogen) atoms. The maximum absolute atomic E-state index is 11.9. The molecule has 2 N–H and O–H groups in total. The molecule has 4 nitrogen and oxygen atoms in total. The zero-order valence-electron chi connectivity index (χ0n) is 20.1. The smallest absolute Gasteiger partial charge is 0.166 e. The molecule has 0 bridgehead atoms. The molecule has 0 unspecified atom stereocenters. The minimum atomic E-state index is -0.752. The fraction of sp³-hybridized carbons (Fsp3) is 0.750. The summed E-state index contributed by atoms with van der Waals surface area (Å²) in [6.45, 7) is 5.38. The van der Waals surface area contributed by atoms with Gasteiger partial charge in [-0.15, -0.1) is 0 Å². The van der Waals surface area contributed by atoms with Crippen LogP contribution in [-0.4, -0.2) is 35.7 Å². The molecule has 1 aromatic carbocycles. The number of hydrogen-bond donors (Lipinski definition) is 2. The van der Waals surface area contributed by atoms with Crippen molar-refractivity contribution < 1.29 is 14.9 Å². The van der Waals surface area contributed by atoms with Gasteiger partial charge >= 0.3 is 0 Å². The molecule has 0 amide bonds. The van der Waals surface area contributed by atoms with Crippen LogP contribution in [0.15, 0.2) is 23.2 Å². The number of para-hydroxylation sites is 1. The Labute approximate surface area is 193 Å². The third kappa shape index (κ3) is 3.23. The lowest BCUT2D eigenvalue weighted by Gasteiger charge is -2.61. The normalized spacial score (nSPS) is 43.5. The highest BCUT2D eigenvalue weighted by atomic mass is 16.5. The Morgan fingerprint density at radius 1 is 1.03 bits per heavy atom. The minimum absolute atomic E-state index is 0.0558. The van der Waals surface area contributed by atoms with Gasteiger partial charge in [-0.2, -0.15) is 0 Å². The van der Waals surface area contributed by atoms with Crippen LogP contribution in [0, 0.1) is 34.5 Å². The van der Waals surface area contributed by atoms with Crippen LogP contribution in [0.2, 0.25) is 0 Å². The van der Waals surface area contributed by atoms with Crippen molar-refractivity contribution in [1.29, 1.82) is 0 Å². The second kappa shape index (κ2) is 8.04. The van der Waals surface area contributed by atoms with E-state index in [1.807, 2.05) is 12.1 Å². The Morgan fingerprint density at radius 3 is 2.66 bits per heavy atom. The van der Waals surface area contributed by atoms with E-state index in [-0.39, 0.29) is 11.2 Å². The van der Waals surface area contributed by atoms with E-state index < -0.39 is 5.60 Å². The van der Waals surface area contributed by atoms with Crippen molar-refractivity contribution in [2.75, 3.05) is 13.7 Å². The Hall–Kier alpha value is -1.55. The molecule has 4 aliphatic rings. The van der Waals surface area contributed by atoms with Crippen molar-refractivity contribution in [1.82, 2.24) is 0 Å². The summed E-state index contributed by atoms with van der Waals surface area (Å²) >= 11 is 0. The maximum Gasteiger partial charge on any atom is 0.166 e. The molecule has 7 atom stereocenters. The molecule has 176 valence electrons. The van der Waals surface area contributed by atoms with Gasteiger partial charge in [-0.05, 0) is 92.6 Å². The van der Waals surface area contributed by atoms with E-state index in [0.29, 0.717) is 29.2 Å². The number of phenols is 1. The van der Waals surface area contributed by atoms with Crippen LogP contribution < -0.4 is 4.74 Å². The number of hydrogen-bond acceptors (Lipinski definition) is 4. The summed E-state index contributed by atoms with van der Waals surface area (Å²) in [7, 11) is 1.55. The van der Waals surface area contributed by atoms with Crippen LogP contribution in [0.5, 0.6) is 11.5 Å². The number of nitrogens with zero attached hydrogens (tertiary/aromatic N) is 1. The molecule has 4 saturated carbocycles. The van der Waals surface area contributed by atoms with Crippen LogP contribution in [0.3, 0.4) is 0 Å². The first-order chi connectivity index (χ1) is 15.3. The lowest BCUT2D eigenvalue weighted by molar-refractivity contribution is -0.147. The lowest BCUT2D eigenvalue weighted by Crippen LogP contribution is -2.56. The van der Waals surface area contributed by atoms with E-state index in [1.54, 1.807) is 19.4 Å². The molecular weight excluding hydrogens is 398 g/mol. The highest BCUT2D eigenvalue weighted by molar-refractivity contribution is 5.84. The second-order valence-corrected chi connectivity index (χ2v) is 11.8. The largest absolute Gasteiger partial charge is 0.504 e. The van der Waals surface area contributed by atoms with Gasteiger partial charge in [-0.3, -0.25) is 4.99 Å². The predicted octanol–water partition coefficient (Wildman–Crippen LogP) is 5.98. The summed E-state index contributed by atoms with van der Waals surface area (Å²) in [6, 6.07) is 5.42. The first-order valence-electron chi connectivity index (χ1n) is 12.9. The first kappa shape index (κ1) is 22.3. The number of aliphatic imine (C=N–C) groups is 1. The van der Waals surface area contributed by atoms with Crippen molar-refractivity contribution in [3.63, 3.8) is 0 Å². The van der Waals surface area contributed by atoms with Crippen molar-refractivity contribution in [3.8, 4) is 11.5 Å². The molecular formula is C28H41NO3. The van der Waals surface area contributed by atoms with Crippen molar-refractivity contribution in [3.05, 3.63) is 23.8 Å².